The van der Waals surface area contributed by atoms with Crippen LogP contribution in [0.15, 0.2) is 47.8 Å². The van der Waals surface area contributed by atoms with Crippen molar-refractivity contribution in [2.75, 3.05) is 32.5 Å². The number of hydrazone groups is 1. The zero-order valence-electron chi connectivity index (χ0n) is 20.9. The molecule has 0 fully saturated rings. The van der Waals surface area contributed by atoms with Crippen LogP contribution in [-0.2, 0) is 6.54 Å². The summed E-state index contributed by atoms with van der Waals surface area (Å²) in [5.74, 6) is 1.49. The Morgan fingerprint density at radius 2 is 1.94 bits per heavy atom. The third-order valence-corrected chi connectivity index (χ3v) is 5.65. The van der Waals surface area contributed by atoms with Crippen LogP contribution in [0.4, 0.5) is 5.82 Å². The van der Waals surface area contributed by atoms with E-state index in [-0.39, 0.29) is 0 Å². The van der Waals surface area contributed by atoms with E-state index in [2.05, 4.69) is 73.4 Å². The second-order valence-corrected chi connectivity index (χ2v) is 9.48. The van der Waals surface area contributed by atoms with Crippen LogP contribution in [0.2, 0.25) is 0 Å². The highest BCUT2D eigenvalue weighted by Crippen LogP contribution is 2.24. The molecule has 0 saturated carbocycles. The molecule has 6 heteroatoms. The number of para-hydroxylation sites is 1. The zero-order chi connectivity index (χ0) is 23.8. The van der Waals surface area contributed by atoms with Crippen molar-refractivity contribution in [2.24, 2.45) is 16.8 Å². The highest BCUT2D eigenvalue weighted by Gasteiger charge is 2.14. The molecule has 0 atom stereocenters. The summed E-state index contributed by atoms with van der Waals surface area (Å²) in [7, 11) is 3.97. The highest BCUT2D eigenvalue weighted by atomic mass is 15.4. The van der Waals surface area contributed by atoms with Gasteiger partial charge in [-0.2, -0.15) is 5.10 Å². The van der Waals surface area contributed by atoms with Crippen LogP contribution in [0.3, 0.4) is 0 Å². The number of anilines is 1. The number of pyridine rings is 1. The van der Waals surface area contributed by atoms with Crippen molar-refractivity contribution in [3.8, 4) is 0 Å². The molecule has 178 valence electrons. The lowest BCUT2D eigenvalue weighted by atomic mass is 10.0. The first-order valence-corrected chi connectivity index (χ1v) is 12.1. The maximum Gasteiger partial charge on any atom is 0.126 e. The number of rotatable bonds is 12. The number of fused-ring (bicyclic) bond motifs is 1. The van der Waals surface area contributed by atoms with Gasteiger partial charge in [0.25, 0.3) is 0 Å². The molecule has 0 saturated heterocycles. The standard InChI is InChI=1S/C27H40N6/c1-20(2)15-26(31-32(4)5)24-19-33(17-21(24)3)18-22-16-27(29-14-10-6-9-13-28)30-25-12-8-7-11-23(22)25/h7-8,11-12,16-17,19-20H,6,9-10,13-15,18,28H2,1-5H3,(H,29,30)/b31-26-. The lowest BCUT2D eigenvalue weighted by Gasteiger charge is -2.13. The lowest BCUT2D eigenvalue weighted by molar-refractivity contribution is 0.435. The van der Waals surface area contributed by atoms with Crippen molar-refractivity contribution in [1.29, 1.82) is 0 Å². The van der Waals surface area contributed by atoms with Crippen molar-refractivity contribution < 1.29 is 0 Å². The number of nitrogens with one attached hydrogen (secondary N) is 1. The molecule has 0 aliphatic heterocycles. The first-order chi connectivity index (χ1) is 15.9. The van der Waals surface area contributed by atoms with Crippen molar-refractivity contribution in [3.63, 3.8) is 0 Å². The molecule has 0 amide bonds. The minimum absolute atomic E-state index is 0.550. The van der Waals surface area contributed by atoms with Crippen molar-refractivity contribution in [2.45, 2.75) is 53.0 Å². The molecule has 2 heterocycles. The molecular weight excluding hydrogens is 408 g/mol. The third kappa shape index (κ3) is 7.06. The summed E-state index contributed by atoms with van der Waals surface area (Å²) in [5.41, 5.74) is 11.5. The molecule has 1 aromatic carbocycles. The van der Waals surface area contributed by atoms with Crippen LogP contribution in [0.5, 0.6) is 0 Å². The smallest absolute Gasteiger partial charge is 0.126 e. The predicted octanol–water partition coefficient (Wildman–Crippen LogP) is 5.25. The van der Waals surface area contributed by atoms with Gasteiger partial charge in [-0.1, -0.05) is 38.5 Å². The lowest BCUT2D eigenvalue weighted by Crippen LogP contribution is -2.13. The summed E-state index contributed by atoms with van der Waals surface area (Å²) in [6.07, 6.45) is 8.75. The molecule has 0 bridgehead atoms. The largest absolute Gasteiger partial charge is 0.370 e. The summed E-state index contributed by atoms with van der Waals surface area (Å²) >= 11 is 0. The fourth-order valence-corrected chi connectivity index (χ4v) is 4.18. The van der Waals surface area contributed by atoms with Crippen LogP contribution < -0.4 is 11.1 Å². The number of hydrogen-bond donors (Lipinski definition) is 2. The number of aromatic nitrogens is 2. The maximum absolute atomic E-state index is 5.61. The van der Waals surface area contributed by atoms with Gasteiger partial charge >= 0.3 is 0 Å². The molecule has 0 unspecified atom stereocenters. The maximum atomic E-state index is 5.61. The van der Waals surface area contributed by atoms with Gasteiger partial charge in [-0.15, -0.1) is 0 Å². The van der Waals surface area contributed by atoms with E-state index in [1.165, 1.54) is 22.1 Å². The minimum atomic E-state index is 0.550. The van der Waals surface area contributed by atoms with Gasteiger partial charge in [0.2, 0.25) is 0 Å². The zero-order valence-corrected chi connectivity index (χ0v) is 20.9. The normalized spacial score (nSPS) is 12.0. The second kappa shape index (κ2) is 11.8. The monoisotopic (exact) mass is 448 g/mol. The van der Waals surface area contributed by atoms with Crippen LogP contribution in [0.1, 0.15) is 56.2 Å². The molecule has 3 N–H and O–H groups in total. The highest BCUT2D eigenvalue weighted by molar-refractivity contribution is 6.01. The first kappa shape index (κ1) is 24.8. The second-order valence-electron chi connectivity index (χ2n) is 9.48. The van der Waals surface area contributed by atoms with E-state index in [1.54, 1.807) is 0 Å². The Labute approximate surface area is 198 Å². The molecule has 0 spiro atoms. The van der Waals surface area contributed by atoms with E-state index in [9.17, 15) is 0 Å². The van der Waals surface area contributed by atoms with Gasteiger partial charge in [-0.25, -0.2) is 4.98 Å². The number of nitrogens with two attached hydrogens (primary N) is 1. The first-order valence-electron chi connectivity index (χ1n) is 12.1. The summed E-state index contributed by atoms with van der Waals surface area (Å²) < 4.78 is 2.28. The Morgan fingerprint density at radius 3 is 2.67 bits per heavy atom. The Bertz CT molecular complexity index is 1060. The molecule has 0 aliphatic rings. The summed E-state index contributed by atoms with van der Waals surface area (Å²) in [6, 6.07) is 10.6. The van der Waals surface area contributed by atoms with E-state index in [4.69, 9.17) is 15.8 Å². The Kier molecular flexibility index (Phi) is 8.89. The van der Waals surface area contributed by atoms with Gasteiger partial charge in [0.1, 0.15) is 5.82 Å². The van der Waals surface area contributed by atoms with Gasteiger partial charge in [0.05, 0.1) is 11.2 Å². The molecule has 33 heavy (non-hydrogen) atoms. The number of unbranched alkanes of at least 4 members (excludes halogenated alkanes) is 2. The topological polar surface area (TPSA) is 71.5 Å². The molecule has 6 nitrogen and oxygen atoms in total. The fraction of sp³-hybridized carbons (Fsp3) is 0.481. The van der Waals surface area contributed by atoms with Gasteiger partial charge in [0, 0.05) is 50.5 Å². The summed E-state index contributed by atoms with van der Waals surface area (Å²) in [4.78, 5) is 4.84. The van der Waals surface area contributed by atoms with Crippen molar-refractivity contribution in [1.82, 2.24) is 14.6 Å². The molecule has 0 aliphatic carbocycles. The van der Waals surface area contributed by atoms with Crippen LogP contribution in [0.25, 0.3) is 10.9 Å². The van der Waals surface area contributed by atoms with Gasteiger partial charge in [-0.3, -0.25) is 0 Å². The average molecular weight is 449 g/mol. The minimum Gasteiger partial charge on any atom is -0.370 e. The van der Waals surface area contributed by atoms with E-state index in [0.717, 1.165) is 62.4 Å². The van der Waals surface area contributed by atoms with Crippen LogP contribution in [-0.4, -0.2) is 47.5 Å². The fourth-order valence-electron chi connectivity index (χ4n) is 4.18. The number of hydrogen-bond acceptors (Lipinski definition) is 5. The van der Waals surface area contributed by atoms with E-state index in [1.807, 2.05) is 19.1 Å². The van der Waals surface area contributed by atoms with E-state index < -0.39 is 0 Å². The SMILES string of the molecule is Cc1cn(Cc2cc(NCCCCCN)nc3ccccc23)cc1/C(CC(C)C)=N\N(C)C. The van der Waals surface area contributed by atoms with Crippen molar-refractivity contribution in [3.05, 3.63) is 59.4 Å². The molecule has 2 aromatic heterocycles. The van der Waals surface area contributed by atoms with Crippen molar-refractivity contribution >= 4 is 22.4 Å². The molecule has 0 radical (unpaired) electrons. The molecule has 3 rings (SSSR count). The Balaban J connectivity index is 1.87. The van der Waals surface area contributed by atoms with Gasteiger partial charge < -0.3 is 20.6 Å². The van der Waals surface area contributed by atoms with E-state index >= 15 is 0 Å². The Hall–Kier alpha value is -2.86. The van der Waals surface area contributed by atoms with Crippen LogP contribution in [0, 0.1) is 12.8 Å². The summed E-state index contributed by atoms with van der Waals surface area (Å²) in [6.45, 7) is 9.13. The summed E-state index contributed by atoms with van der Waals surface area (Å²) in [5, 5.41) is 11.4. The van der Waals surface area contributed by atoms with Gasteiger partial charge in [0.15, 0.2) is 0 Å². The predicted molar refractivity (Wildman–Crippen MR) is 141 cm³/mol. The van der Waals surface area contributed by atoms with E-state index in [0.29, 0.717) is 5.92 Å². The number of benzene rings is 1. The third-order valence-electron chi connectivity index (χ3n) is 5.65. The number of aryl methyl sites for hydroxylation is 1. The van der Waals surface area contributed by atoms with Crippen LogP contribution >= 0.6 is 0 Å². The van der Waals surface area contributed by atoms with Gasteiger partial charge in [-0.05, 0) is 61.9 Å². The molecule has 3 aromatic rings. The quantitative estimate of drug-likeness (QED) is 0.226. The molecular formula is C27H40N6. The number of nitrogens with zero attached hydrogens (tertiary/aromatic N) is 4. The Morgan fingerprint density at radius 1 is 1.15 bits per heavy atom. The average Bonchev–Trinajstić information content (AvgIpc) is 3.12.